The summed E-state index contributed by atoms with van der Waals surface area (Å²) in [5.41, 5.74) is 2.29. The number of rotatable bonds is 7. The molecule has 1 unspecified atom stereocenters. The van der Waals surface area contributed by atoms with Gasteiger partial charge in [0.25, 0.3) is 0 Å². The van der Waals surface area contributed by atoms with Gasteiger partial charge in [0.1, 0.15) is 13.2 Å². The molecule has 1 fully saturated rings. The van der Waals surface area contributed by atoms with Crippen LogP contribution >= 0.6 is 11.6 Å². The normalized spacial score (nSPS) is 16.7. The molecule has 1 saturated carbocycles. The van der Waals surface area contributed by atoms with E-state index < -0.39 is 0 Å². The van der Waals surface area contributed by atoms with E-state index in [1.54, 1.807) is 14.2 Å². The van der Waals surface area contributed by atoms with E-state index in [0.717, 1.165) is 17.1 Å². The Hall–Kier alpha value is -2.11. The second kappa shape index (κ2) is 7.87. The molecule has 1 heterocycles. The summed E-state index contributed by atoms with van der Waals surface area (Å²) in [4.78, 5) is 0. The summed E-state index contributed by atoms with van der Waals surface area (Å²) in [5.74, 6) is 3.51. The third kappa shape index (κ3) is 3.94. The molecule has 0 spiro atoms. The molecule has 1 aliphatic heterocycles. The van der Waals surface area contributed by atoms with Crippen LogP contribution in [0.2, 0.25) is 5.02 Å². The van der Waals surface area contributed by atoms with Crippen molar-refractivity contribution in [2.75, 3.05) is 27.4 Å². The van der Waals surface area contributed by atoms with Gasteiger partial charge in [-0.2, -0.15) is 0 Å². The number of fused-ring (bicyclic) bond motifs is 1. The Bertz CT molecular complexity index is 822. The Balaban J connectivity index is 1.52. The van der Waals surface area contributed by atoms with E-state index in [1.165, 1.54) is 18.4 Å². The lowest BCUT2D eigenvalue weighted by molar-refractivity contribution is 0.171. The number of ether oxygens (including phenoxy) is 4. The quantitative estimate of drug-likeness (QED) is 0.762. The summed E-state index contributed by atoms with van der Waals surface area (Å²) in [5, 5.41) is 4.24. The molecule has 2 aromatic rings. The van der Waals surface area contributed by atoms with Gasteiger partial charge in [-0.3, -0.25) is 0 Å². The van der Waals surface area contributed by atoms with Crippen molar-refractivity contribution < 1.29 is 18.9 Å². The number of hydrogen-bond donors (Lipinski definition) is 1. The van der Waals surface area contributed by atoms with E-state index >= 15 is 0 Å². The number of halogens is 1. The van der Waals surface area contributed by atoms with Gasteiger partial charge in [0.15, 0.2) is 23.0 Å². The number of nitrogens with one attached hydrogen (secondary N) is 1. The fourth-order valence-corrected chi connectivity index (χ4v) is 3.85. The SMILES string of the molecule is COc1cc(CNC(c2ccc3c(c2)OCCO3)C2CC2)cc(Cl)c1OC. The standard InChI is InChI=1S/C21H24ClNO4/c1-24-19-10-13(9-16(22)21(19)25-2)12-23-20(14-3-4-14)15-5-6-17-18(11-15)27-8-7-26-17/h5-6,9-11,14,20,23H,3-4,7-8,12H2,1-2H3. The second-order valence-corrected chi connectivity index (χ2v) is 7.32. The minimum Gasteiger partial charge on any atom is -0.493 e. The minimum absolute atomic E-state index is 0.271. The van der Waals surface area contributed by atoms with E-state index in [4.69, 9.17) is 30.5 Å². The summed E-state index contributed by atoms with van der Waals surface area (Å²) in [6, 6.07) is 10.4. The van der Waals surface area contributed by atoms with E-state index in [-0.39, 0.29) is 6.04 Å². The molecule has 0 amide bonds. The zero-order valence-electron chi connectivity index (χ0n) is 15.6. The van der Waals surface area contributed by atoms with Crippen molar-refractivity contribution in [1.82, 2.24) is 5.32 Å². The van der Waals surface area contributed by atoms with Gasteiger partial charge < -0.3 is 24.3 Å². The molecule has 144 valence electrons. The van der Waals surface area contributed by atoms with Crippen LogP contribution in [0, 0.1) is 5.92 Å². The largest absolute Gasteiger partial charge is 0.493 e. The molecular formula is C21H24ClNO4. The molecule has 27 heavy (non-hydrogen) atoms. The van der Waals surface area contributed by atoms with Crippen LogP contribution in [-0.2, 0) is 6.54 Å². The fourth-order valence-electron chi connectivity index (χ4n) is 3.54. The lowest BCUT2D eigenvalue weighted by Gasteiger charge is -2.23. The lowest BCUT2D eigenvalue weighted by Crippen LogP contribution is -2.23. The molecule has 5 nitrogen and oxygen atoms in total. The molecule has 2 aliphatic rings. The van der Waals surface area contributed by atoms with Gasteiger partial charge in [-0.15, -0.1) is 0 Å². The van der Waals surface area contributed by atoms with Gasteiger partial charge in [0.05, 0.1) is 19.2 Å². The van der Waals surface area contributed by atoms with Crippen molar-refractivity contribution in [3.63, 3.8) is 0 Å². The summed E-state index contributed by atoms with van der Waals surface area (Å²) >= 11 is 6.34. The molecule has 0 aromatic heterocycles. The van der Waals surface area contributed by atoms with E-state index in [1.807, 2.05) is 18.2 Å². The van der Waals surface area contributed by atoms with Crippen LogP contribution in [0.1, 0.15) is 30.0 Å². The maximum absolute atomic E-state index is 6.34. The van der Waals surface area contributed by atoms with Crippen molar-refractivity contribution in [3.05, 3.63) is 46.5 Å². The van der Waals surface area contributed by atoms with Gasteiger partial charge in [-0.05, 0) is 54.2 Å². The molecular weight excluding hydrogens is 366 g/mol. The molecule has 0 saturated heterocycles. The van der Waals surface area contributed by atoms with Crippen LogP contribution in [0.4, 0.5) is 0 Å². The van der Waals surface area contributed by atoms with Crippen LogP contribution in [0.25, 0.3) is 0 Å². The van der Waals surface area contributed by atoms with Crippen molar-refractivity contribution in [2.45, 2.75) is 25.4 Å². The molecule has 1 aliphatic carbocycles. The summed E-state index contributed by atoms with van der Waals surface area (Å²) in [6.45, 7) is 1.90. The zero-order valence-corrected chi connectivity index (χ0v) is 16.3. The number of benzene rings is 2. The first-order valence-electron chi connectivity index (χ1n) is 9.23. The Morgan fingerprint density at radius 2 is 1.85 bits per heavy atom. The molecule has 0 radical (unpaired) electrons. The molecule has 2 aromatic carbocycles. The average molecular weight is 390 g/mol. The highest BCUT2D eigenvalue weighted by atomic mass is 35.5. The van der Waals surface area contributed by atoms with Crippen LogP contribution in [0.5, 0.6) is 23.0 Å². The monoisotopic (exact) mass is 389 g/mol. The molecule has 4 rings (SSSR count). The predicted molar refractivity (Wildman–Crippen MR) is 104 cm³/mol. The third-order valence-corrected chi connectivity index (χ3v) is 5.32. The lowest BCUT2D eigenvalue weighted by atomic mass is 10.0. The first-order valence-corrected chi connectivity index (χ1v) is 9.60. The van der Waals surface area contributed by atoms with Gasteiger partial charge in [0, 0.05) is 12.6 Å². The average Bonchev–Trinajstić information content (AvgIpc) is 3.52. The van der Waals surface area contributed by atoms with E-state index in [9.17, 15) is 0 Å². The maximum Gasteiger partial charge on any atom is 0.179 e. The van der Waals surface area contributed by atoms with Crippen LogP contribution in [0.3, 0.4) is 0 Å². The van der Waals surface area contributed by atoms with Crippen molar-refractivity contribution in [2.24, 2.45) is 5.92 Å². The Morgan fingerprint density at radius 3 is 2.56 bits per heavy atom. The molecule has 1 atom stereocenters. The summed E-state index contributed by atoms with van der Waals surface area (Å²) in [6.07, 6.45) is 2.47. The van der Waals surface area contributed by atoms with Crippen LogP contribution in [-0.4, -0.2) is 27.4 Å². The molecule has 0 bridgehead atoms. The van der Waals surface area contributed by atoms with E-state index in [0.29, 0.717) is 42.2 Å². The van der Waals surface area contributed by atoms with Crippen LogP contribution in [0.15, 0.2) is 30.3 Å². The van der Waals surface area contributed by atoms with Crippen LogP contribution < -0.4 is 24.3 Å². The summed E-state index contributed by atoms with van der Waals surface area (Å²) < 4.78 is 22.1. The van der Waals surface area contributed by atoms with Crippen molar-refractivity contribution in [3.8, 4) is 23.0 Å². The maximum atomic E-state index is 6.34. The van der Waals surface area contributed by atoms with Gasteiger partial charge in [-0.1, -0.05) is 17.7 Å². The smallest absolute Gasteiger partial charge is 0.179 e. The van der Waals surface area contributed by atoms with Crippen molar-refractivity contribution in [1.29, 1.82) is 0 Å². The predicted octanol–water partition coefficient (Wildman–Crippen LogP) is 4.37. The highest BCUT2D eigenvalue weighted by Crippen LogP contribution is 2.44. The highest BCUT2D eigenvalue weighted by molar-refractivity contribution is 6.32. The zero-order chi connectivity index (χ0) is 18.8. The minimum atomic E-state index is 0.271. The van der Waals surface area contributed by atoms with Crippen molar-refractivity contribution >= 4 is 11.6 Å². The Kier molecular flexibility index (Phi) is 5.32. The Labute approximate surface area is 164 Å². The number of methoxy groups -OCH3 is 2. The topological polar surface area (TPSA) is 49.0 Å². The van der Waals surface area contributed by atoms with E-state index in [2.05, 4.69) is 17.4 Å². The molecule has 1 N–H and O–H groups in total. The van der Waals surface area contributed by atoms with Gasteiger partial charge in [0.2, 0.25) is 0 Å². The van der Waals surface area contributed by atoms with Gasteiger partial charge >= 0.3 is 0 Å². The molecule has 6 heteroatoms. The highest BCUT2D eigenvalue weighted by Gasteiger charge is 2.32. The third-order valence-electron chi connectivity index (χ3n) is 5.04. The first kappa shape index (κ1) is 18.3. The van der Waals surface area contributed by atoms with Gasteiger partial charge in [-0.25, -0.2) is 0 Å². The summed E-state index contributed by atoms with van der Waals surface area (Å²) in [7, 11) is 3.21. The Morgan fingerprint density at radius 1 is 1.07 bits per heavy atom. The first-order chi connectivity index (χ1) is 13.2. The number of hydrogen-bond acceptors (Lipinski definition) is 5. The fraction of sp³-hybridized carbons (Fsp3) is 0.429. The second-order valence-electron chi connectivity index (χ2n) is 6.91.